The lowest BCUT2D eigenvalue weighted by atomic mass is 9.53. The highest BCUT2D eigenvalue weighted by molar-refractivity contribution is 5.89. The molecule has 2 fully saturated rings. The van der Waals surface area contributed by atoms with Crippen LogP contribution in [0.25, 0.3) is 0 Å². The normalized spacial score (nSPS) is 36.0. The molecule has 0 aromatic heterocycles. The largest absolute Gasteiger partial charge is 0.447 e. The molecule has 120 valence electrons. The van der Waals surface area contributed by atoms with Crippen LogP contribution in [-0.4, -0.2) is 11.7 Å². The molecule has 2 heterocycles. The maximum atomic E-state index is 9.95. The van der Waals surface area contributed by atoms with E-state index >= 15 is 0 Å². The van der Waals surface area contributed by atoms with Crippen LogP contribution in [0.15, 0.2) is 30.3 Å². The molecule has 6 heteroatoms. The molecule has 2 aliphatic heterocycles. The van der Waals surface area contributed by atoms with Crippen molar-refractivity contribution >= 4 is 5.90 Å². The van der Waals surface area contributed by atoms with Gasteiger partial charge in [0.25, 0.3) is 0 Å². The summed E-state index contributed by atoms with van der Waals surface area (Å²) < 4.78 is 11.8. The minimum atomic E-state index is -1.87. The van der Waals surface area contributed by atoms with Crippen molar-refractivity contribution in [2.45, 2.75) is 32.2 Å². The molecular formula is C18H16N4O2. The Hall–Kier alpha value is -2.88. The van der Waals surface area contributed by atoms with Crippen molar-refractivity contribution in [1.82, 2.24) is 0 Å². The molecular weight excluding hydrogens is 304 g/mol. The lowest BCUT2D eigenvalue weighted by Crippen LogP contribution is -2.58. The van der Waals surface area contributed by atoms with Gasteiger partial charge in [0.15, 0.2) is 5.41 Å². The topological polar surface area (TPSA) is 114 Å². The van der Waals surface area contributed by atoms with Crippen LogP contribution in [0, 0.1) is 56.2 Å². The van der Waals surface area contributed by atoms with Crippen molar-refractivity contribution < 1.29 is 9.47 Å². The molecule has 0 radical (unpaired) electrons. The van der Waals surface area contributed by atoms with Crippen molar-refractivity contribution in [1.29, 1.82) is 21.2 Å². The molecule has 0 aliphatic carbocycles. The lowest BCUT2D eigenvalue weighted by Gasteiger charge is -2.48. The van der Waals surface area contributed by atoms with Crippen molar-refractivity contribution in [3.05, 3.63) is 35.9 Å². The Balaban J connectivity index is 2.34. The smallest absolute Gasteiger partial charge is 0.217 e. The third kappa shape index (κ3) is 1.53. The fourth-order valence-electron chi connectivity index (χ4n) is 3.97. The van der Waals surface area contributed by atoms with Crippen molar-refractivity contribution in [2.75, 3.05) is 0 Å². The van der Waals surface area contributed by atoms with E-state index in [0.717, 1.165) is 0 Å². The summed E-state index contributed by atoms with van der Waals surface area (Å²) in [4.78, 5) is 0. The average Bonchev–Trinajstić information content (AvgIpc) is 2.78. The average molecular weight is 320 g/mol. The number of nitrogens with zero attached hydrogens (tertiary/aromatic N) is 3. The van der Waals surface area contributed by atoms with Gasteiger partial charge >= 0.3 is 0 Å². The van der Waals surface area contributed by atoms with Crippen LogP contribution in [0.3, 0.4) is 0 Å². The predicted molar refractivity (Wildman–Crippen MR) is 83.0 cm³/mol. The molecule has 0 spiro atoms. The van der Waals surface area contributed by atoms with Crippen LogP contribution in [0.4, 0.5) is 0 Å². The summed E-state index contributed by atoms with van der Waals surface area (Å²) in [5, 5.41) is 38.1. The Morgan fingerprint density at radius 2 is 1.75 bits per heavy atom. The second-order valence-corrected chi connectivity index (χ2v) is 6.18. The molecule has 2 aliphatic rings. The van der Waals surface area contributed by atoms with Crippen LogP contribution in [0.5, 0.6) is 0 Å². The Labute approximate surface area is 140 Å². The van der Waals surface area contributed by atoms with Crippen molar-refractivity contribution in [2.24, 2.45) is 16.7 Å². The van der Waals surface area contributed by atoms with Crippen LogP contribution in [0.2, 0.25) is 0 Å². The molecule has 1 N–H and O–H groups in total. The van der Waals surface area contributed by atoms with Gasteiger partial charge in [0.05, 0.1) is 24.1 Å². The molecule has 0 saturated carbocycles. The van der Waals surface area contributed by atoms with E-state index in [-0.39, 0.29) is 5.90 Å². The van der Waals surface area contributed by atoms with Gasteiger partial charge in [-0.05, 0) is 5.56 Å². The quantitative estimate of drug-likeness (QED) is 0.899. The minimum absolute atomic E-state index is 0.360. The number of fused-ring (bicyclic) bond motifs is 2. The number of ether oxygens (including phenoxy) is 2. The molecule has 0 amide bonds. The van der Waals surface area contributed by atoms with Gasteiger partial charge in [-0.15, -0.1) is 0 Å². The van der Waals surface area contributed by atoms with E-state index < -0.39 is 28.6 Å². The number of hydrogen-bond donors (Lipinski definition) is 1. The van der Waals surface area contributed by atoms with E-state index in [1.54, 1.807) is 31.2 Å². The highest BCUT2D eigenvalue weighted by atomic mass is 16.7. The van der Waals surface area contributed by atoms with Crippen LogP contribution in [0.1, 0.15) is 31.9 Å². The van der Waals surface area contributed by atoms with Gasteiger partial charge in [-0.25, -0.2) is 0 Å². The zero-order valence-corrected chi connectivity index (χ0v) is 13.4. The van der Waals surface area contributed by atoms with E-state index in [9.17, 15) is 15.8 Å². The molecule has 3 rings (SSSR count). The second kappa shape index (κ2) is 5.06. The summed E-state index contributed by atoms with van der Waals surface area (Å²) in [7, 11) is 0. The van der Waals surface area contributed by atoms with E-state index in [1.807, 2.05) is 25.1 Å². The van der Waals surface area contributed by atoms with Crippen LogP contribution < -0.4 is 0 Å². The Bertz CT molecular complexity index is 802. The predicted octanol–water partition coefficient (Wildman–Crippen LogP) is 3.05. The van der Waals surface area contributed by atoms with Crippen LogP contribution >= 0.6 is 0 Å². The summed E-state index contributed by atoms with van der Waals surface area (Å²) in [6.07, 6.45) is -0.580. The Kier molecular flexibility index (Phi) is 3.37. The van der Waals surface area contributed by atoms with Gasteiger partial charge in [-0.3, -0.25) is 5.41 Å². The van der Waals surface area contributed by atoms with Crippen molar-refractivity contribution in [3.63, 3.8) is 0 Å². The van der Waals surface area contributed by atoms with Gasteiger partial charge in [0.1, 0.15) is 6.10 Å². The Morgan fingerprint density at radius 1 is 1.12 bits per heavy atom. The number of rotatable bonds is 2. The van der Waals surface area contributed by atoms with Crippen LogP contribution in [-0.2, 0) is 9.47 Å². The summed E-state index contributed by atoms with van der Waals surface area (Å²) in [6.45, 7) is 3.55. The van der Waals surface area contributed by atoms with Gasteiger partial charge < -0.3 is 9.47 Å². The number of nitrogens with one attached hydrogen (secondary N) is 1. The highest BCUT2D eigenvalue weighted by Crippen LogP contribution is 2.66. The van der Waals surface area contributed by atoms with Gasteiger partial charge in [-0.2, -0.15) is 15.8 Å². The third-order valence-electron chi connectivity index (χ3n) is 5.40. The number of benzene rings is 1. The first-order chi connectivity index (χ1) is 11.5. The molecule has 24 heavy (non-hydrogen) atoms. The maximum Gasteiger partial charge on any atom is 0.217 e. The van der Waals surface area contributed by atoms with Gasteiger partial charge in [0.2, 0.25) is 17.1 Å². The fraction of sp³-hybridized carbons (Fsp3) is 0.444. The Morgan fingerprint density at radius 3 is 2.25 bits per heavy atom. The lowest BCUT2D eigenvalue weighted by molar-refractivity contribution is -0.280. The first kappa shape index (κ1) is 16.0. The molecule has 1 aromatic rings. The molecule has 2 bridgehead atoms. The summed E-state index contributed by atoms with van der Waals surface area (Å²) in [5.74, 6) is -2.17. The first-order valence-corrected chi connectivity index (χ1v) is 7.72. The second-order valence-electron chi connectivity index (χ2n) is 6.18. The van der Waals surface area contributed by atoms with E-state index in [2.05, 4.69) is 6.07 Å². The highest BCUT2D eigenvalue weighted by Gasteiger charge is 2.78. The minimum Gasteiger partial charge on any atom is -0.447 e. The van der Waals surface area contributed by atoms with Gasteiger partial charge in [0, 0.05) is 6.42 Å². The van der Waals surface area contributed by atoms with E-state index in [0.29, 0.717) is 12.0 Å². The zero-order chi connectivity index (χ0) is 17.6. The number of hydrogen-bond acceptors (Lipinski definition) is 6. The zero-order valence-electron chi connectivity index (χ0n) is 13.4. The SMILES string of the molecule is CC[C@]12OC(=N)[C@@](C#N)([C@@H]1C)C(C#N)(C#N)[C@@H](c1ccccc1)O2. The molecule has 6 nitrogen and oxygen atoms in total. The van der Waals surface area contributed by atoms with Crippen molar-refractivity contribution in [3.8, 4) is 18.2 Å². The molecule has 0 unspecified atom stereocenters. The van der Waals surface area contributed by atoms with E-state index in [4.69, 9.17) is 14.9 Å². The van der Waals surface area contributed by atoms with E-state index in [1.165, 1.54) is 0 Å². The standard InChI is InChI=1S/C18H16N4O2/c1-3-18-12(2)17(11-21,15(22)24-18)16(9-19,10-20)14(23-18)13-7-5-4-6-8-13/h4-8,12,14,22H,3H2,1-2H3/t12-,14+,17+,18-/m0/s1. The third-order valence-corrected chi connectivity index (χ3v) is 5.40. The van der Waals surface area contributed by atoms with Gasteiger partial charge in [-0.1, -0.05) is 44.2 Å². The molecule has 4 atom stereocenters. The summed E-state index contributed by atoms with van der Waals surface area (Å²) in [6, 6.07) is 15.0. The fourth-order valence-corrected chi connectivity index (χ4v) is 3.97. The maximum absolute atomic E-state index is 9.95. The first-order valence-electron chi connectivity index (χ1n) is 7.72. The number of nitriles is 3. The molecule has 2 saturated heterocycles. The molecule has 1 aromatic carbocycles. The summed E-state index contributed by atoms with van der Waals surface area (Å²) in [5.41, 5.74) is -2.93. The monoisotopic (exact) mass is 320 g/mol. The summed E-state index contributed by atoms with van der Waals surface area (Å²) >= 11 is 0.